The van der Waals surface area contributed by atoms with E-state index in [4.69, 9.17) is 20.8 Å². The summed E-state index contributed by atoms with van der Waals surface area (Å²) in [6, 6.07) is 9.28. The van der Waals surface area contributed by atoms with Crippen molar-refractivity contribution in [1.82, 2.24) is 9.97 Å². The van der Waals surface area contributed by atoms with Gasteiger partial charge >= 0.3 is 0 Å². The number of furan rings is 1. The van der Waals surface area contributed by atoms with Crippen LogP contribution in [0, 0.1) is 0 Å². The molecule has 0 spiro atoms. The quantitative estimate of drug-likeness (QED) is 0.724. The van der Waals surface area contributed by atoms with Gasteiger partial charge < -0.3 is 9.15 Å². The van der Waals surface area contributed by atoms with Crippen LogP contribution in [0.25, 0.3) is 11.1 Å². The molecule has 4 nitrogen and oxygen atoms in total. The number of fused-ring (bicyclic) bond motifs is 1. The number of aromatic nitrogens is 2. The summed E-state index contributed by atoms with van der Waals surface area (Å²) in [5.41, 5.74) is 2.17. The molecule has 0 saturated heterocycles. The summed E-state index contributed by atoms with van der Waals surface area (Å²) in [4.78, 5) is 8.12. The molecule has 0 aliphatic carbocycles. The number of benzene rings is 1. The van der Waals surface area contributed by atoms with Crippen LogP contribution in [0.1, 0.15) is 5.56 Å². The Hall–Kier alpha value is -2.07. The molecule has 0 amide bonds. The lowest BCUT2D eigenvalue weighted by Gasteiger charge is -2.06. The van der Waals surface area contributed by atoms with Crippen molar-refractivity contribution in [1.29, 1.82) is 0 Å². The predicted octanol–water partition coefficient (Wildman–Crippen LogP) is 3.46. The third kappa shape index (κ3) is 2.02. The fourth-order valence-corrected chi connectivity index (χ4v) is 1.82. The van der Waals surface area contributed by atoms with Crippen LogP contribution < -0.4 is 4.74 Å². The second-order valence-corrected chi connectivity index (χ2v) is 4.10. The Morgan fingerprint density at radius 3 is 2.94 bits per heavy atom. The van der Waals surface area contributed by atoms with Crippen molar-refractivity contribution in [2.75, 3.05) is 0 Å². The van der Waals surface area contributed by atoms with Gasteiger partial charge in [0.1, 0.15) is 18.5 Å². The van der Waals surface area contributed by atoms with Crippen LogP contribution in [0.5, 0.6) is 5.88 Å². The number of rotatable bonds is 3. The lowest BCUT2D eigenvalue weighted by atomic mass is 10.2. The first-order valence-electron chi connectivity index (χ1n) is 5.39. The number of ether oxygens (including phenoxy) is 1. The Morgan fingerprint density at radius 1 is 1.17 bits per heavy atom. The molecular formula is C13H9ClN2O2. The maximum atomic E-state index is 6.05. The highest BCUT2D eigenvalue weighted by atomic mass is 35.5. The molecular weight excluding hydrogens is 252 g/mol. The minimum atomic E-state index is 0.340. The zero-order valence-electron chi connectivity index (χ0n) is 9.34. The summed E-state index contributed by atoms with van der Waals surface area (Å²) >= 11 is 6.05. The molecule has 1 aromatic carbocycles. The Bertz CT molecular complexity index is 681. The van der Waals surface area contributed by atoms with E-state index < -0.39 is 0 Å². The van der Waals surface area contributed by atoms with Crippen molar-refractivity contribution in [3.63, 3.8) is 0 Å². The summed E-state index contributed by atoms with van der Waals surface area (Å²) in [5.74, 6) is 0.421. The monoisotopic (exact) mass is 260 g/mol. The van der Waals surface area contributed by atoms with Gasteiger partial charge in [-0.05, 0) is 6.07 Å². The van der Waals surface area contributed by atoms with Crippen molar-refractivity contribution in [2.45, 2.75) is 6.61 Å². The third-order valence-electron chi connectivity index (χ3n) is 2.53. The molecule has 2 aromatic heterocycles. The van der Waals surface area contributed by atoms with Crippen molar-refractivity contribution in [3.8, 4) is 5.88 Å². The molecule has 3 aromatic rings. The largest absolute Gasteiger partial charge is 0.470 e. The second-order valence-electron chi connectivity index (χ2n) is 3.69. The molecule has 3 rings (SSSR count). The van der Waals surface area contributed by atoms with E-state index in [2.05, 4.69) is 9.97 Å². The van der Waals surface area contributed by atoms with Crippen molar-refractivity contribution in [3.05, 3.63) is 53.5 Å². The molecule has 0 unspecified atom stereocenters. The molecule has 18 heavy (non-hydrogen) atoms. The van der Waals surface area contributed by atoms with Crippen LogP contribution in [-0.4, -0.2) is 9.97 Å². The molecule has 0 aliphatic rings. The molecule has 0 N–H and O–H groups in total. The molecule has 90 valence electrons. The molecule has 0 fully saturated rings. The number of halogens is 1. The van der Waals surface area contributed by atoms with Gasteiger partial charge in [0.15, 0.2) is 0 Å². The third-order valence-corrected chi connectivity index (χ3v) is 2.90. The average Bonchev–Trinajstić information content (AvgIpc) is 2.86. The highest BCUT2D eigenvalue weighted by Crippen LogP contribution is 2.23. The fraction of sp³-hybridized carbons (Fsp3) is 0.0769. The fourth-order valence-electron chi connectivity index (χ4n) is 1.63. The molecule has 0 atom stereocenters. The van der Waals surface area contributed by atoms with E-state index in [1.807, 2.05) is 24.3 Å². The van der Waals surface area contributed by atoms with Gasteiger partial charge in [-0.2, -0.15) is 4.98 Å². The minimum Gasteiger partial charge on any atom is -0.470 e. The number of nitrogens with zero attached hydrogens (tertiary/aromatic N) is 2. The van der Waals surface area contributed by atoms with Gasteiger partial charge in [0.2, 0.25) is 5.58 Å². The lowest BCUT2D eigenvalue weighted by Crippen LogP contribution is -1.98. The van der Waals surface area contributed by atoms with E-state index in [1.165, 1.54) is 6.33 Å². The van der Waals surface area contributed by atoms with Crippen LogP contribution in [0.2, 0.25) is 5.02 Å². The first kappa shape index (κ1) is 11.0. The standard InChI is InChI=1S/C13H9ClN2O2/c14-10-4-2-1-3-9(10)7-18-13-12-11(5-6-17-12)15-8-16-13/h1-6,8H,7H2. The Labute approximate surface area is 108 Å². The van der Waals surface area contributed by atoms with Crippen LogP contribution in [-0.2, 0) is 6.61 Å². The Balaban J connectivity index is 1.85. The van der Waals surface area contributed by atoms with E-state index >= 15 is 0 Å². The van der Waals surface area contributed by atoms with Crippen LogP contribution in [0.15, 0.2) is 47.3 Å². The minimum absolute atomic E-state index is 0.340. The maximum Gasteiger partial charge on any atom is 0.261 e. The van der Waals surface area contributed by atoms with Gasteiger partial charge in [0.25, 0.3) is 5.88 Å². The van der Waals surface area contributed by atoms with Gasteiger partial charge in [-0.15, -0.1) is 0 Å². The summed E-state index contributed by atoms with van der Waals surface area (Å²) in [5, 5.41) is 0.669. The highest BCUT2D eigenvalue weighted by Gasteiger charge is 2.08. The van der Waals surface area contributed by atoms with Gasteiger partial charge in [0, 0.05) is 16.7 Å². The molecule has 0 radical (unpaired) electrons. The van der Waals surface area contributed by atoms with Gasteiger partial charge in [0.05, 0.1) is 6.26 Å². The van der Waals surface area contributed by atoms with E-state index in [-0.39, 0.29) is 0 Å². The number of hydrogen-bond acceptors (Lipinski definition) is 4. The van der Waals surface area contributed by atoms with E-state index in [0.29, 0.717) is 23.1 Å². The van der Waals surface area contributed by atoms with E-state index in [0.717, 1.165) is 11.1 Å². The second kappa shape index (κ2) is 4.66. The first-order chi connectivity index (χ1) is 8.84. The van der Waals surface area contributed by atoms with Crippen molar-refractivity contribution in [2.24, 2.45) is 0 Å². The number of hydrogen-bond donors (Lipinski definition) is 0. The lowest BCUT2D eigenvalue weighted by molar-refractivity contribution is 0.292. The zero-order valence-corrected chi connectivity index (χ0v) is 10.1. The van der Waals surface area contributed by atoms with Crippen LogP contribution in [0.4, 0.5) is 0 Å². The molecule has 0 saturated carbocycles. The molecule has 0 bridgehead atoms. The average molecular weight is 261 g/mol. The normalized spacial score (nSPS) is 10.7. The highest BCUT2D eigenvalue weighted by molar-refractivity contribution is 6.31. The smallest absolute Gasteiger partial charge is 0.261 e. The SMILES string of the molecule is Clc1ccccc1COc1ncnc2ccoc12. The Kier molecular flexibility index (Phi) is 2.86. The van der Waals surface area contributed by atoms with Gasteiger partial charge in [-0.3, -0.25) is 0 Å². The van der Waals surface area contributed by atoms with E-state index in [1.54, 1.807) is 12.3 Å². The van der Waals surface area contributed by atoms with Crippen LogP contribution in [0.3, 0.4) is 0 Å². The van der Waals surface area contributed by atoms with Crippen LogP contribution >= 0.6 is 11.6 Å². The summed E-state index contributed by atoms with van der Waals surface area (Å²) in [6.45, 7) is 0.340. The van der Waals surface area contributed by atoms with E-state index in [9.17, 15) is 0 Å². The molecule has 2 heterocycles. The predicted molar refractivity (Wildman–Crippen MR) is 67.6 cm³/mol. The summed E-state index contributed by atoms with van der Waals surface area (Å²) in [7, 11) is 0. The van der Waals surface area contributed by atoms with Crippen molar-refractivity contribution < 1.29 is 9.15 Å². The zero-order chi connectivity index (χ0) is 12.4. The topological polar surface area (TPSA) is 48.2 Å². The van der Waals surface area contributed by atoms with Gasteiger partial charge in [-0.1, -0.05) is 29.8 Å². The maximum absolute atomic E-state index is 6.05. The first-order valence-corrected chi connectivity index (χ1v) is 5.77. The molecule has 5 heteroatoms. The summed E-state index contributed by atoms with van der Waals surface area (Å²) in [6.07, 6.45) is 3.00. The van der Waals surface area contributed by atoms with Gasteiger partial charge in [-0.25, -0.2) is 4.98 Å². The summed E-state index contributed by atoms with van der Waals surface area (Å²) < 4.78 is 10.9. The van der Waals surface area contributed by atoms with Crippen molar-refractivity contribution >= 4 is 22.7 Å². The Morgan fingerprint density at radius 2 is 2.06 bits per heavy atom. The molecule has 0 aliphatic heterocycles.